The van der Waals surface area contributed by atoms with Gasteiger partial charge in [0.05, 0.1) is 6.16 Å². The summed E-state index contributed by atoms with van der Waals surface area (Å²) < 4.78 is 0. The van der Waals surface area contributed by atoms with E-state index in [9.17, 15) is 0 Å². The minimum Gasteiger partial charge on any atom is -0.0589 e. The summed E-state index contributed by atoms with van der Waals surface area (Å²) in [5, 5.41) is 0. The Morgan fingerprint density at radius 3 is 2.22 bits per heavy atom. The molecule has 0 spiro atoms. The van der Waals surface area contributed by atoms with Crippen molar-refractivity contribution in [2.24, 2.45) is 0 Å². The van der Waals surface area contributed by atoms with Crippen LogP contribution in [0.15, 0.2) is 24.3 Å². The molecule has 0 aromatic heterocycles. The summed E-state index contributed by atoms with van der Waals surface area (Å²) in [5.74, 6) is 0. The SMILES string of the molecule is Cc1ccc(C[PH3+])cc1. The van der Waals surface area contributed by atoms with Gasteiger partial charge in [0.25, 0.3) is 0 Å². The summed E-state index contributed by atoms with van der Waals surface area (Å²) in [6.45, 7) is 2.11. The summed E-state index contributed by atoms with van der Waals surface area (Å²) in [5.41, 5.74) is 2.77. The molecule has 0 saturated carbocycles. The lowest BCUT2D eigenvalue weighted by Gasteiger charge is -1.92. The van der Waals surface area contributed by atoms with Gasteiger partial charge in [0.2, 0.25) is 0 Å². The fraction of sp³-hybridized carbons (Fsp3) is 0.250. The van der Waals surface area contributed by atoms with E-state index in [4.69, 9.17) is 0 Å². The second-order valence-electron chi connectivity index (χ2n) is 2.24. The fourth-order valence-corrected chi connectivity index (χ4v) is 1.09. The van der Waals surface area contributed by atoms with E-state index in [0.29, 0.717) is 0 Å². The van der Waals surface area contributed by atoms with Crippen LogP contribution in [0.3, 0.4) is 0 Å². The van der Waals surface area contributed by atoms with E-state index in [-0.39, 0.29) is 0 Å². The minimum atomic E-state index is 1.17. The van der Waals surface area contributed by atoms with Crippen LogP contribution in [0.1, 0.15) is 11.1 Å². The molecule has 0 nitrogen and oxygen atoms in total. The van der Waals surface area contributed by atoms with Crippen LogP contribution in [0.4, 0.5) is 0 Å². The molecule has 0 aliphatic heterocycles. The van der Waals surface area contributed by atoms with Crippen LogP contribution in [-0.2, 0) is 6.16 Å². The van der Waals surface area contributed by atoms with Gasteiger partial charge in [0.1, 0.15) is 0 Å². The van der Waals surface area contributed by atoms with Crippen molar-refractivity contribution < 1.29 is 0 Å². The Hall–Kier alpha value is -0.350. The highest BCUT2D eigenvalue weighted by Crippen LogP contribution is 2.06. The van der Waals surface area contributed by atoms with Gasteiger partial charge in [-0.3, -0.25) is 0 Å². The Morgan fingerprint density at radius 1 is 1.22 bits per heavy atom. The van der Waals surface area contributed by atoms with E-state index in [1.807, 2.05) is 9.24 Å². The van der Waals surface area contributed by atoms with E-state index in [1.54, 1.807) is 0 Å². The number of hydrogen-bond donors (Lipinski definition) is 0. The summed E-state index contributed by atoms with van der Waals surface area (Å²) in [7, 11) is 1.99. The van der Waals surface area contributed by atoms with Crippen molar-refractivity contribution in [1.29, 1.82) is 0 Å². The van der Waals surface area contributed by atoms with Crippen molar-refractivity contribution in [1.82, 2.24) is 0 Å². The van der Waals surface area contributed by atoms with Crippen LogP contribution < -0.4 is 0 Å². The number of benzene rings is 1. The van der Waals surface area contributed by atoms with E-state index in [2.05, 4.69) is 31.2 Å². The maximum atomic E-state index is 2.18. The molecule has 1 aromatic carbocycles. The van der Waals surface area contributed by atoms with Gasteiger partial charge < -0.3 is 0 Å². The van der Waals surface area contributed by atoms with Gasteiger partial charge in [-0.15, -0.1) is 0 Å². The normalized spacial score (nSPS) is 9.89. The number of aryl methyl sites for hydroxylation is 1. The molecule has 0 fully saturated rings. The van der Waals surface area contributed by atoms with Gasteiger partial charge in [-0.2, -0.15) is 0 Å². The Bertz CT molecular complexity index is 176. The highest BCUT2D eigenvalue weighted by Gasteiger charge is 1.87. The lowest BCUT2D eigenvalue weighted by Crippen LogP contribution is -1.75. The van der Waals surface area contributed by atoms with Crippen LogP contribution in [0.5, 0.6) is 0 Å². The Kier molecular flexibility index (Phi) is 2.24. The standard InChI is InChI=1S/C8H11P/c1-7-2-4-8(6-9)5-3-7/h2-5H,6,9H2,1H3/p+1. The molecule has 1 aromatic rings. The average molecular weight is 139 g/mol. The van der Waals surface area contributed by atoms with Crippen molar-refractivity contribution in [3.8, 4) is 0 Å². The van der Waals surface area contributed by atoms with E-state index < -0.39 is 0 Å². The fourth-order valence-electron chi connectivity index (χ4n) is 0.755. The quantitative estimate of drug-likeness (QED) is 0.523. The first kappa shape index (κ1) is 6.77. The molecular formula is C8H12P+. The molecule has 0 radical (unpaired) electrons. The zero-order valence-corrected chi connectivity index (χ0v) is 7.14. The van der Waals surface area contributed by atoms with Crippen LogP contribution >= 0.6 is 9.24 Å². The molecule has 48 valence electrons. The average Bonchev–Trinajstić information content (AvgIpc) is 1.90. The van der Waals surface area contributed by atoms with Gasteiger partial charge in [-0.25, -0.2) is 0 Å². The molecule has 0 aliphatic carbocycles. The van der Waals surface area contributed by atoms with Crippen molar-refractivity contribution in [2.75, 3.05) is 0 Å². The van der Waals surface area contributed by atoms with Crippen LogP contribution in [-0.4, -0.2) is 0 Å². The zero-order chi connectivity index (χ0) is 6.69. The molecule has 1 unspecified atom stereocenters. The van der Waals surface area contributed by atoms with E-state index in [1.165, 1.54) is 17.3 Å². The Morgan fingerprint density at radius 2 is 1.78 bits per heavy atom. The monoisotopic (exact) mass is 139 g/mol. The van der Waals surface area contributed by atoms with Gasteiger partial charge in [-0.05, 0) is 21.7 Å². The molecule has 0 amide bonds. The Labute approximate surface area is 58.5 Å². The summed E-state index contributed by atoms with van der Waals surface area (Å²) >= 11 is 0. The van der Waals surface area contributed by atoms with Crippen molar-refractivity contribution in [3.63, 3.8) is 0 Å². The molecule has 1 rings (SSSR count). The topological polar surface area (TPSA) is 0 Å². The van der Waals surface area contributed by atoms with Crippen molar-refractivity contribution in [2.45, 2.75) is 13.1 Å². The van der Waals surface area contributed by atoms with Gasteiger partial charge in [0.15, 0.2) is 0 Å². The maximum Gasteiger partial charge on any atom is 0.0774 e. The summed E-state index contributed by atoms with van der Waals surface area (Å²) in [6.07, 6.45) is 1.17. The van der Waals surface area contributed by atoms with Gasteiger partial charge in [0, 0.05) is 0 Å². The molecule has 0 aliphatic rings. The summed E-state index contributed by atoms with van der Waals surface area (Å²) in [6, 6.07) is 8.68. The third-order valence-electron chi connectivity index (χ3n) is 1.41. The number of rotatable bonds is 1. The van der Waals surface area contributed by atoms with Crippen LogP contribution in [0.2, 0.25) is 0 Å². The van der Waals surface area contributed by atoms with Crippen molar-refractivity contribution in [3.05, 3.63) is 35.4 Å². The summed E-state index contributed by atoms with van der Waals surface area (Å²) in [4.78, 5) is 0. The second-order valence-corrected chi connectivity index (χ2v) is 2.74. The largest absolute Gasteiger partial charge is 0.0774 e. The predicted molar refractivity (Wildman–Crippen MR) is 46.0 cm³/mol. The zero-order valence-electron chi connectivity index (χ0n) is 5.72. The molecule has 0 N–H and O–H groups in total. The third-order valence-corrected chi connectivity index (χ3v) is 1.99. The molecule has 0 heterocycles. The van der Waals surface area contributed by atoms with E-state index in [0.717, 1.165) is 0 Å². The molecule has 0 saturated heterocycles. The first-order valence-corrected chi connectivity index (χ1v) is 4.17. The third kappa shape index (κ3) is 1.80. The van der Waals surface area contributed by atoms with Gasteiger partial charge >= 0.3 is 0 Å². The van der Waals surface area contributed by atoms with E-state index >= 15 is 0 Å². The lowest BCUT2D eigenvalue weighted by atomic mass is 10.2. The smallest absolute Gasteiger partial charge is 0.0589 e. The molecule has 1 atom stereocenters. The second kappa shape index (κ2) is 2.98. The number of hydrogen-bond acceptors (Lipinski definition) is 0. The highest BCUT2D eigenvalue weighted by atomic mass is 31.0. The first-order chi connectivity index (χ1) is 4.33. The van der Waals surface area contributed by atoms with Gasteiger partial charge in [-0.1, -0.05) is 29.8 Å². The van der Waals surface area contributed by atoms with Crippen LogP contribution in [0.25, 0.3) is 0 Å². The molecule has 9 heavy (non-hydrogen) atoms. The highest BCUT2D eigenvalue weighted by molar-refractivity contribution is 7.15. The Balaban J connectivity index is 2.88. The minimum absolute atomic E-state index is 1.17. The van der Waals surface area contributed by atoms with Crippen LogP contribution in [0, 0.1) is 6.92 Å². The predicted octanol–water partition coefficient (Wildman–Crippen LogP) is 2.10. The first-order valence-electron chi connectivity index (χ1n) is 3.17. The molecular weight excluding hydrogens is 127 g/mol. The van der Waals surface area contributed by atoms with Crippen molar-refractivity contribution >= 4 is 9.24 Å². The maximum absolute atomic E-state index is 2.18. The molecule has 0 bridgehead atoms. The molecule has 1 heteroatoms. The lowest BCUT2D eigenvalue weighted by molar-refractivity contribution is 1.37.